The Hall–Kier alpha value is -0.900. The molecule has 1 unspecified atom stereocenters. The fraction of sp³-hybridized carbons (Fsp3) is 0.684. The van der Waals surface area contributed by atoms with Crippen molar-refractivity contribution in [2.75, 3.05) is 33.7 Å². The molecule has 0 radical (unpaired) electrons. The minimum absolute atomic E-state index is 0.400. The highest BCUT2D eigenvalue weighted by atomic mass is 16.3. The van der Waals surface area contributed by atoms with E-state index in [9.17, 15) is 5.11 Å². The number of aliphatic hydroxyl groups is 1. The summed E-state index contributed by atoms with van der Waals surface area (Å²) >= 11 is 0. The zero-order chi connectivity index (χ0) is 16.4. The molecule has 1 aromatic rings. The molecule has 22 heavy (non-hydrogen) atoms. The standard InChI is InChI=1S/C19H32N2O/c1-13-11-14(2)16(4)19(15(13)3)18(22)12-21(6)17-7-9-20(5)10-8-17/h11,17-18,22H,7-10,12H2,1-6H3. The smallest absolute Gasteiger partial charge is 0.0922 e. The van der Waals surface area contributed by atoms with Gasteiger partial charge in [-0.15, -0.1) is 0 Å². The van der Waals surface area contributed by atoms with Crippen LogP contribution < -0.4 is 0 Å². The SMILES string of the molecule is Cc1cc(C)c(C)c(C(O)CN(C)C2CCN(C)CC2)c1C. The number of benzene rings is 1. The topological polar surface area (TPSA) is 26.7 Å². The van der Waals surface area contributed by atoms with Crippen LogP contribution in [0, 0.1) is 27.7 Å². The van der Waals surface area contributed by atoms with Crippen molar-refractivity contribution in [1.82, 2.24) is 9.80 Å². The van der Waals surface area contributed by atoms with Gasteiger partial charge in [-0.05, 0) is 95.5 Å². The predicted octanol–water partition coefficient (Wildman–Crippen LogP) is 2.98. The minimum Gasteiger partial charge on any atom is -0.387 e. The molecule has 0 spiro atoms. The largest absolute Gasteiger partial charge is 0.387 e. The third-order valence-corrected chi connectivity index (χ3v) is 5.53. The Morgan fingerprint density at radius 1 is 1.14 bits per heavy atom. The van der Waals surface area contributed by atoms with E-state index in [0.29, 0.717) is 6.04 Å². The molecule has 0 aliphatic carbocycles. The average molecular weight is 304 g/mol. The average Bonchev–Trinajstić information content (AvgIpc) is 2.46. The van der Waals surface area contributed by atoms with Gasteiger partial charge < -0.3 is 14.9 Å². The molecule has 1 aliphatic heterocycles. The van der Waals surface area contributed by atoms with E-state index in [-0.39, 0.29) is 0 Å². The second kappa shape index (κ2) is 7.12. The number of likely N-dealkylation sites (N-methyl/N-ethyl adjacent to an activating group) is 1. The van der Waals surface area contributed by atoms with E-state index in [0.717, 1.165) is 25.2 Å². The van der Waals surface area contributed by atoms with E-state index in [1.165, 1.54) is 35.1 Å². The number of rotatable bonds is 4. The first kappa shape index (κ1) is 17.5. The van der Waals surface area contributed by atoms with Gasteiger partial charge in [-0.3, -0.25) is 0 Å². The lowest BCUT2D eigenvalue weighted by Gasteiger charge is -2.36. The number of nitrogens with zero attached hydrogens (tertiary/aromatic N) is 2. The zero-order valence-electron chi connectivity index (χ0n) is 15.1. The second-order valence-electron chi connectivity index (χ2n) is 7.16. The van der Waals surface area contributed by atoms with Gasteiger partial charge in [0.15, 0.2) is 0 Å². The van der Waals surface area contributed by atoms with Crippen LogP contribution in [-0.2, 0) is 0 Å². The molecule has 0 aromatic heterocycles. The van der Waals surface area contributed by atoms with Gasteiger partial charge in [0, 0.05) is 12.6 Å². The third kappa shape index (κ3) is 3.70. The minimum atomic E-state index is -0.400. The first-order chi connectivity index (χ1) is 10.3. The number of hydrogen-bond acceptors (Lipinski definition) is 3. The number of aliphatic hydroxyl groups excluding tert-OH is 1. The first-order valence-corrected chi connectivity index (χ1v) is 8.45. The molecule has 1 aliphatic rings. The van der Waals surface area contributed by atoms with Crippen LogP contribution in [0.15, 0.2) is 6.07 Å². The van der Waals surface area contributed by atoms with Crippen molar-refractivity contribution >= 4 is 0 Å². The van der Waals surface area contributed by atoms with Crippen LogP contribution in [0.2, 0.25) is 0 Å². The summed E-state index contributed by atoms with van der Waals surface area (Å²) < 4.78 is 0. The van der Waals surface area contributed by atoms with E-state index in [1.54, 1.807) is 0 Å². The van der Waals surface area contributed by atoms with Gasteiger partial charge in [-0.25, -0.2) is 0 Å². The summed E-state index contributed by atoms with van der Waals surface area (Å²) in [5.74, 6) is 0. The molecule has 124 valence electrons. The number of hydrogen-bond donors (Lipinski definition) is 1. The van der Waals surface area contributed by atoms with Crippen LogP contribution in [0.1, 0.15) is 46.8 Å². The molecule has 1 aromatic carbocycles. The summed E-state index contributed by atoms with van der Waals surface area (Å²) in [4.78, 5) is 4.74. The van der Waals surface area contributed by atoms with Gasteiger partial charge >= 0.3 is 0 Å². The van der Waals surface area contributed by atoms with E-state index < -0.39 is 6.10 Å². The monoisotopic (exact) mass is 304 g/mol. The van der Waals surface area contributed by atoms with Gasteiger partial charge in [0.25, 0.3) is 0 Å². The Labute approximate surface area is 135 Å². The molecule has 0 bridgehead atoms. The lowest BCUT2D eigenvalue weighted by atomic mass is 9.90. The highest BCUT2D eigenvalue weighted by Crippen LogP contribution is 2.28. The van der Waals surface area contributed by atoms with Gasteiger partial charge in [0.05, 0.1) is 6.10 Å². The number of aryl methyl sites for hydroxylation is 2. The highest BCUT2D eigenvalue weighted by molar-refractivity contribution is 5.45. The van der Waals surface area contributed by atoms with Crippen LogP contribution in [0.3, 0.4) is 0 Å². The molecule has 1 N–H and O–H groups in total. The van der Waals surface area contributed by atoms with Crippen molar-refractivity contribution < 1.29 is 5.11 Å². The highest BCUT2D eigenvalue weighted by Gasteiger charge is 2.24. The summed E-state index contributed by atoms with van der Waals surface area (Å²) in [6.07, 6.45) is 2.00. The fourth-order valence-electron chi connectivity index (χ4n) is 3.70. The molecule has 1 heterocycles. The molecule has 3 heteroatoms. The van der Waals surface area contributed by atoms with Gasteiger partial charge in [0.2, 0.25) is 0 Å². The Morgan fingerprint density at radius 2 is 1.64 bits per heavy atom. The van der Waals surface area contributed by atoms with Crippen molar-refractivity contribution in [3.05, 3.63) is 33.9 Å². The summed E-state index contributed by atoms with van der Waals surface area (Å²) in [5.41, 5.74) is 6.18. The predicted molar refractivity (Wildman–Crippen MR) is 93.5 cm³/mol. The quantitative estimate of drug-likeness (QED) is 0.926. The Balaban J connectivity index is 2.11. The maximum Gasteiger partial charge on any atom is 0.0922 e. The van der Waals surface area contributed by atoms with Crippen LogP contribution in [0.4, 0.5) is 0 Å². The maximum absolute atomic E-state index is 10.8. The number of likely N-dealkylation sites (tertiary alicyclic amines) is 1. The Morgan fingerprint density at radius 3 is 2.14 bits per heavy atom. The molecule has 0 saturated carbocycles. The van der Waals surface area contributed by atoms with Crippen molar-refractivity contribution in [2.45, 2.75) is 52.7 Å². The van der Waals surface area contributed by atoms with Gasteiger partial charge in [-0.2, -0.15) is 0 Å². The van der Waals surface area contributed by atoms with E-state index in [1.807, 2.05) is 0 Å². The third-order valence-electron chi connectivity index (χ3n) is 5.53. The molecular weight excluding hydrogens is 272 g/mol. The van der Waals surface area contributed by atoms with Gasteiger partial charge in [0.1, 0.15) is 0 Å². The molecule has 0 amide bonds. The number of piperidine rings is 1. The fourth-order valence-corrected chi connectivity index (χ4v) is 3.70. The second-order valence-corrected chi connectivity index (χ2v) is 7.16. The van der Waals surface area contributed by atoms with Crippen molar-refractivity contribution in [2.24, 2.45) is 0 Å². The van der Waals surface area contributed by atoms with Crippen LogP contribution >= 0.6 is 0 Å². The zero-order valence-corrected chi connectivity index (χ0v) is 15.1. The summed E-state index contributed by atoms with van der Waals surface area (Å²) in [6, 6.07) is 2.82. The van der Waals surface area contributed by atoms with E-state index in [2.05, 4.69) is 57.7 Å². The van der Waals surface area contributed by atoms with Crippen LogP contribution in [0.5, 0.6) is 0 Å². The summed E-state index contributed by atoms with van der Waals surface area (Å²) in [6.45, 7) is 11.6. The van der Waals surface area contributed by atoms with Crippen molar-refractivity contribution in [1.29, 1.82) is 0 Å². The molecule has 1 saturated heterocycles. The molecule has 3 nitrogen and oxygen atoms in total. The van der Waals surface area contributed by atoms with Gasteiger partial charge in [-0.1, -0.05) is 6.07 Å². The Kier molecular flexibility index (Phi) is 5.65. The first-order valence-electron chi connectivity index (χ1n) is 8.45. The summed E-state index contributed by atoms with van der Waals surface area (Å²) in [5, 5.41) is 10.8. The Bertz CT molecular complexity index is 492. The molecular formula is C19H32N2O. The normalized spacial score (nSPS) is 18.9. The van der Waals surface area contributed by atoms with E-state index in [4.69, 9.17) is 0 Å². The maximum atomic E-state index is 10.8. The van der Waals surface area contributed by atoms with Crippen molar-refractivity contribution in [3.63, 3.8) is 0 Å². The molecule has 2 rings (SSSR count). The molecule has 1 atom stereocenters. The van der Waals surface area contributed by atoms with E-state index >= 15 is 0 Å². The molecule has 1 fully saturated rings. The lowest BCUT2D eigenvalue weighted by molar-refractivity contribution is 0.0782. The van der Waals surface area contributed by atoms with Crippen LogP contribution in [0.25, 0.3) is 0 Å². The van der Waals surface area contributed by atoms with Crippen molar-refractivity contribution in [3.8, 4) is 0 Å². The van der Waals surface area contributed by atoms with Crippen LogP contribution in [-0.4, -0.2) is 54.7 Å². The summed E-state index contributed by atoms with van der Waals surface area (Å²) in [7, 11) is 4.35. The lowest BCUT2D eigenvalue weighted by Crippen LogP contribution is -2.43.